The first-order chi connectivity index (χ1) is 13.2. The number of imidazole rings is 1. The van der Waals surface area contributed by atoms with Crippen molar-refractivity contribution >= 4 is 21.6 Å². The highest BCUT2D eigenvalue weighted by atomic mass is 32.2. The molecule has 1 aromatic heterocycles. The van der Waals surface area contributed by atoms with Crippen LogP contribution in [0.4, 0.5) is 14.5 Å². The van der Waals surface area contributed by atoms with E-state index in [0.717, 1.165) is 12.1 Å². The van der Waals surface area contributed by atoms with Crippen molar-refractivity contribution in [3.63, 3.8) is 0 Å². The standard InChI is InChI=1S/C18H22F2N4O3S/c1-12(2)23-10-17(21-11-23)28(26,27)24-7-5-13(6-8-24)18(25)22-16-4-3-14(19)9-15(16)20/h3-4,9-13H,5-8H2,1-2H3,(H,22,25). The van der Waals surface area contributed by atoms with Crippen LogP contribution in [0, 0.1) is 17.6 Å². The largest absolute Gasteiger partial charge is 0.334 e. The summed E-state index contributed by atoms with van der Waals surface area (Å²) in [5.74, 6) is -2.45. The topological polar surface area (TPSA) is 84.3 Å². The lowest BCUT2D eigenvalue weighted by atomic mass is 9.97. The molecule has 0 atom stereocenters. The molecule has 1 aromatic carbocycles. The van der Waals surface area contributed by atoms with Gasteiger partial charge >= 0.3 is 0 Å². The van der Waals surface area contributed by atoms with Crippen LogP contribution < -0.4 is 5.32 Å². The average molecular weight is 412 g/mol. The number of anilines is 1. The van der Waals surface area contributed by atoms with Gasteiger partial charge in [-0.2, -0.15) is 4.31 Å². The Morgan fingerprint density at radius 3 is 2.50 bits per heavy atom. The first-order valence-electron chi connectivity index (χ1n) is 8.98. The van der Waals surface area contributed by atoms with E-state index in [1.807, 2.05) is 13.8 Å². The molecule has 7 nitrogen and oxygen atoms in total. The summed E-state index contributed by atoms with van der Waals surface area (Å²) in [6, 6.07) is 3.01. The second kappa shape index (κ2) is 7.96. The van der Waals surface area contributed by atoms with E-state index in [9.17, 15) is 22.0 Å². The Balaban J connectivity index is 1.62. The lowest BCUT2D eigenvalue weighted by Crippen LogP contribution is -2.41. The number of piperidine rings is 1. The summed E-state index contributed by atoms with van der Waals surface area (Å²) in [5, 5.41) is 2.43. The maximum absolute atomic E-state index is 13.7. The molecule has 1 aliphatic heterocycles. The molecule has 3 rings (SSSR count). The monoisotopic (exact) mass is 412 g/mol. The molecule has 0 radical (unpaired) electrons. The molecule has 1 amide bonds. The fourth-order valence-corrected chi connectivity index (χ4v) is 4.44. The van der Waals surface area contributed by atoms with E-state index in [0.29, 0.717) is 18.9 Å². The van der Waals surface area contributed by atoms with Crippen LogP contribution in [-0.2, 0) is 14.8 Å². The fraction of sp³-hybridized carbons (Fsp3) is 0.444. The number of amides is 1. The summed E-state index contributed by atoms with van der Waals surface area (Å²) in [5.41, 5.74) is -0.0966. The minimum absolute atomic E-state index is 0.0162. The number of carbonyl (C=O) groups excluding carboxylic acids is 1. The number of rotatable bonds is 5. The van der Waals surface area contributed by atoms with Crippen LogP contribution in [0.25, 0.3) is 0 Å². The van der Waals surface area contributed by atoms with Crippen molar-refractivity contribution in [1.82, 2.24) is 13.9 Å². The molecule has 0 aliphatic carbocycles. The molecule has 1 saturated heterocycles. The Kier molecular flexibility index (Phi) is 5.80. The molecule has 0 spiro atoms. The van der Waals surface area contributed by atoms with Crippen LogP contribution in [0.3, 0.4) is 0 Å². The molecule has 0 unspecified atom stereocenters. The number of benzene rings is 1. The number of nitrogens with one attached hydrogen (secondary N) is 1. The highest BCUT2D eigenvalue weighted by Gasteiger charge is 2.33. The van der Waals surface area contributed by atoms with Gasteiger partial charge in [0.15, 0.2) is 5.03 Å². The van der Waals surface area contributed by atoms with Crippen LogP contribution in [-0.4, -0.2) is 41.3 Å². The third kappa shape index (κ3) is 4.22. The van der Waals surface area contributed by atoms with Crippen molar-refractivity contribution < 1.29 is 22.0 Å². The molecule has 1 N–H and O–H groups in total. The fourth-order valence-electron chi connectivity index (χ4n) is 3.05. The first-order valence-corrected chi connectivity index (χ1v) is 10.4. The van der Waals surface area contributed by atoms with Crippen LogP contribution in [0.15, 0.2) is 35.7 Å². The third-order valence-electron chi connectivity index (χ3n) is 4.79. The Hall–Kier alpha value is -2.33. The Morgan fingerprint density at radius 1 is 1.25 bits per heavy atom. The predicted octanol–water partition coefficient (Wildman–Crippen LogP) is 2.78. The molecule has 2 heterocycles. The SMILES string of the molecule is CC(C)n1cnc(S(=O)(=O)N2CCC(C(=O)Nc3ccc(F)cc3F)CC2)c1. The van der Waals surface area contributed by atoms with E-state index in [4.69, 9.17) is 0 Å². The van der Waals surface area contributed by atoms with Gasteiger partial charge in [0.1, 0.15) is 11.6 Å². The zero-order valence-electron chi connectivity index (χ0n) is 15.6. The summed E-state index contributed by atoms with van der Waals surface area (Å²) < 4.78 is 55.1. The number of carbonyl (C=O) groups is 1. The molecule has 0 bridgehead atoms. The second-order valence-corrected chi connectivity index (χ2v) is 8.93. The van der Waals surface area contributed by atoms with Gasteiger partial charge in [-0.25, -0.2) is 22.2 Å². The van der Waals surface area contributed by atoms with Crippen molar-refractivity contribution in [3.05, 3.63) is 42.4 Å². The van der Waals surface area contributed by atoms with Gasteiger partial charge < -0.3 is 9.88 Å². The highest BCUT2D eigenvalue weighted by molar-refractivity contribution is 7.89. The molecule has 28 heavy (non-hydrogen) atoms. The molecule has 1 aliphatic rings. The normalized spacial score (nSPS) is 16.5. The highest BCUT2D eigenvalue weighted by Crippen LogP contribution is 2.25. The number of nitrogens with zero attached hydrogens (tertiary/aromatic N) is 3. The zero-order valence-corrected chi connectivity index (χ0v) is 16.4. The zero-order chi connectivity index (χ0) is 20.5. The van der Waals surface area contributed by atoms with E-state index in [1.165, 1.54) is 16.8 Å². The van der Waals surface area contributed by atoms with E-state index in [1.54, 1.807) is 4.57 Å². The number of aromatic nitrogens is 2. The third-order valence-corrected chi connectivity index (χ3v) is 6.58. The summed E-state index contributed by atoms with van der Waals surface area (Å²) in [4.78, 5) is 16.3. The van der Waals surface area contributed by atoms with Crippen LogP contribution in [0.1, 0.15) is 32.7 Å². The van der Waals surface area contributed by atoms with Gasteiger partial charge in [-0.05, 0) is 38.8 Å². The van der Waals surface area contributed by atoms with Crippen molar-refractivity contribution in [3.8, 4) is 0 Å². The number of hydrogen-bond acceptors (Lipinski definition) is 4. The van der Waals surface area contributed by atoms with Crippen molar-refractivity contribution in [2.45, 2.75) is 37.8 Å². The Morgan fingerprint density at radius 2 is 1.93 bits per heavy atom. The maximum atomic E-state index is 13.7. The predicted molar refractivity (Wildman–Crippen MR) is 99.1 cm³/mol. The van der Waals surface area contributed by atoms with Gasteiger partial charge in [0.05, 0.1) is 12.0 Å². The Bertz CT molecular complexity index is 967. The molecular weight excluding hydrogens is 390 g/mol. The average Bonchev–Trinajstić information content (AvgIpc) is 3.15. The molecule has 1 fully saturated rings. The van der Waals surface area contributed by atoms with Crippen molar-refractivity contribution in [2.75, 3.05) is 18.4 Å². The second-order valence-electron chi connectivity index (χ2n) is 7.04. The Labute approximate surface area is 162 Å². The lowest BCUT2D eigenvalue weighted by molar-refractivity contribution is -0.120. The summed E-state index contributed by atoms with van der Waals surface area (Å²) in [7, 11) is -3.73. The van der Waals surface area contributed by atoms with Gasteiger partial charge in [-0.1, -0.05) is 0 Å². The van der Waals surface area contributed by atoms with Crippen LogP contribution in [0.5, 0.6) is 0 Å². The smallest absolute Gasteiger partial charge is 0.262 e. The van der Waals surface area contributed by atoms with Gasteiger partial charge in [-0.3, -0.25) is 4.79 Å². The molecule has 2 aromatic rings. The number of halogens is 2. The molecule has 10 heteroatoms. The molecule has 0 saturated carbocycles. The summed E-state index contributed by atoms with van der Waals surface area (Å²) in [6.07, 6.45) is 3.59. The minimum Gasteiger partial charge on any atom is -0.334 e. The van der Waals surface area contributed by atoms with E-state index < -0.39 is 33.5 Å². The van der Waals surface area contributed by atoms with Gasteiger partial charge in [-0.15, -0.1) is 0 Å². The van der Waals surface area contributed by atoms with Crippen molar-refractivity contribution in [2.24, 2.45) is 5.92 Å². The maximum Gasteiger partial charge on any atom is 0.262 e. The van der Waals surface area contributed by atoms with Crippen LogP contribution >= 0.6 is 0 Å². The van der Waals surface area contributed by atoms with Crippen LogP contribution in [0.2, 0.25) is 0 Å². The van der Waals surface area contributed by atoms with Gasteiger partial charge in [0, 0.05) is 37.3 Å². The number of sulfonamides is 1. The quantitative estimate of drug-likeness (QED) is 0.819. The van der Waals surface area contributed by atoms with Gasteiger partial charge in [0.25, 0.3) is 10.0 Å². The summed E-state index contributed by atoms with van der Waals surface area (Å²) >= 11 is 0. The van der Waals surface area contributed by atoms with E-state index in [-0.39, 0.29) is 29.8 Å². The minimum atomic E-state index is -3.73. The van der Waals surface area contributed by atoms with E-state index >= 15 is 0 Å². The molecular formula is C18H22F2N4O3S. The van der Waals surface area contributed by atoms with E-state index in [2.05, 4.69) is 10.3 Å². The van der Waals surface area contributed by atoms with Gasteiger partial charge in [0.2, 0.25) is 5.91 Å². The van der Waals surface area contributed by atoms with Crippen molar-refractivity contribution in [1.29, 1.82) is 0 Å². The molecule has 152 valence electrons. The number of hydrogen-bond donors (Lipinski definition) is 1. The summed E-state index contributed by atoms with van der Waals surface area (Å²) in [6.45, 7) is 4.18. The first kappa shape index (κ1) is 20.4. The lowest BCUT2D eigenvalue weighted by Gasteiger charge is -2.30.